The van der Waals surface area contributed by atoms with Crippen LogP contribution >= 0.6 is 0 Å². The first-order valence-corrected chi connectivity index (χ1v) is 10.5. The first-order valence-electron chi connectivity index (χ1n) is 8.99. The summed E-state index contributed by atoms with van der Waals surface area (Å²) in [6.45, 7) is -0.0454. The predicted octanol–water partition coefficient (Wildman–Crippen LogP) is 1.60. The molecular weight excluding hydrogens is 356 g/mol. The molecule has 26 heavy (non-hydrogen) atoms. The molecule has 1 aromatic carbocycles. The lowest BCUT2D eigenvalue weighted by Crippen LogP contribution is -2.47. The molecule has 2 N–H and O–H groups in total. The van der Waals surface area contributed by atoms with Gasteiger partial charge in [-0.25, -0.2) is 17.9 Å². The number of aliphatic carboxylic acids is 1. The van der Waals surface area contributed by atoms with E-state index in [9.17, 15) is 23.1 Å². The van der Waals surface area contributed by atoms with Gasteiger partial charge in [-0.05, 0) is 37.3 Å². The monoisotopic (exact) mass is 380 g/mol. The maximum absolute atomic E-state index is 12.7. The number of nitrogens with one attached hydrogen (secondary N) is 1. The van der Waals surface area contributed by atoms with Crippen LogP contribution in [0, 0.1) is 5.92 Å². The van der Waals surface area contributed by atoms with Crippen molar-refractivity contribution in [2.75, 3.05) is 6.54 Å². The van der Waals surface area contributed by atoms with Crippen molar-refractivity contribution < 1.29 is 23.1 Å². The number of rotatable bonds is 6. The predicted molar refractivity (Wildman–Crippen MR) is 94.9 cm³/mol. The lowest BCUT2D eigenvalue weighted by Gasteiger charge is -2.33. The van der Waals surface area contributed by atoms with Crippen LogP contribution in [0.1, 0.15) is 38.5 Å². The van der Waals surface area contributed by atoms with E-state index in [1.165, 1.54) is 17.0 Å². The second-order valence-electron chi connectivity index (χ2n) is 6.96. The number of carbonyl (C=O) groups excluding carboxylic acids is 1. The molecule has 142 valence electrons. The summed E-state index contributed by atoms with van der Waals surface area (Å²) in [5.74, 6) is -1.02. The van der Waals surface area contributed by atoms with Crippen molar-refractivity contribution in [2.24, 2.45) is 5.92 Å². The molecule has 1 aliphatic heterocycles. The van der Waals surface area contributed by atoms with Gasteiger partial charge >= 0.3 is 5.97 Å². The highest BCUT2D eigenvalue weighted by Gasteiger charge is 2.47. The molecule has 1 aromatic rings. The first kappa shape index (κ1) is 18.8. The van der Waals surface area contributed by atoms with E-state index in [0.717, 1.165) is 25.7 Å². The molecule has 1 amide bonds. The maximum Gasteiger partial charge on any atom is 0.326 e. The van der Waals surface area contributed by atoms with Crippen LogP contribution in [0.2, 0.25) is 0 Å². The number of nitrogens with zero attached hydrogens (tertiary/aromatic N) is 1. The summed E-state index contributed by atoms with van der Waals surface area (Å²) in [5, 5.41) is 9.48. The van der Waals surface area contributed by atoms with Crippen LogP contribution in [0.5, 0.6) is 0 Å². The smallest absolute Gasteiger partial charge is 0.326 e. The number of likely N-dealkylation sites (tertiary alicyclic amines) is 1. The third-order valence-electron chi connectivity index (χ3n) is 5.35. The highest BCUT2D eigenvalue weighted by Crippen LogP contribution is 2.40. The third-order valence-corrected chi connectivity index (χ3v) is 6.82. The molecule has 8 heteroatoms. The zero-order chi connectivity index (χ0) is 18.7. The number of sulfonamides is 1. The summed E-state index contributed by atoms with van der Waals surface area (Å²) in [7, 11) is -3.67. The molecule has 7 nitrogen and oxygen atoms in total. The number of benzene rings is 1. The van der Waals surface area contributed by atoms with Crippen molar-refractivity contribution in [3.63, 3.8) is 0 Å². The molecule has 2 aliphatic rings. The normalized spacial score (nSPS) is 25.7. The molecule has 0 spiro atoms. The first-order chi connectivity index (χ1) is 12.4. The summed E-state index contributed by atoms with van der Waals surface area (Å²) in [5.41, 5.74) is 0. The zero-order valence-corrected chi connectivity index (χ0v) is 15.3. The zero-order valence-electron chi connectivity index (χ0n) is 14.5. The lowest BCUT2D eigenvalue weighted by atomic mass is 9.84. The Kier molecular flexibility index (Phi) is 5.62. The Morgan fingerprint density at radius 1 is 1.15 bits per heavy atom. The van der Waals surface area contributed by atoms with Crippen molar-refractivity contribution in [3.8, 4) is 0 Å². The number of hydrogen-bond acceptors (Lipinski definition) is 4. The van der Waals surface area contributed by atoms with E-state index in [1.54, 1.807) is 18.2 Å². The standard InChI is InChI=1S/C18H24N2O5S/c21-17(10-11-19-26(24,25)14-7-2-1-3-8-14)20-15-9-5-4-6-13(15)12-16(20)18(22)23/h1-3,7-8,13,15-16,19H,4-6,9-12H2,(H,22,23). The number of carboxylic acids is 1. The van der Waals surface area contributed by atoms with Gasteiger partial charge in [0.1, 0.15) is 6.04 Å². The quantitative estimate of drug-likeness (QED) is 0.780. The number of fused-ring (bicyclic) bond motifs is 1. The van der Waals surface area contributed by atoms with E-state index < -0.39 is 22.0 Å². The van der Waals surface area contributed by atoms with Gasteiger partial charge in [-0.15, -0.1) is 0 Å². The Labute approximate surface area is 153 Å². The van der Waals surface area contributed by atoms with E-state index in [2.05, 4.69) is 4.72 Å². The minimum Gasteiger partial charge on any atom is -0.480 e. The van der Waals surface area contributed by atoms with E-state index >= 15 is 0 Å². The maximum atomic E-state index is 12.7. The van der Waals surface area contributed by atoms with Crippen molar-refractivity contribution in [3.05, 3.63) is 30.3 Å². The lowest BCUT2D eigenvalue weighted by molar-refractivity contribution is -0.149. The van der Waals surface area contributed by atoms with Gasteiger partial charge in [-0.1, -0.05) is 31.0 Å². The van der Waals surface area contributed by atoms with Gasteiger partial charge in [0.25, 0.3) is 0 Å². The number of carboxylic acid groups (broad SMARTS) is 1. The second-order valence-corrected chi connectivity index (χ2v) is 8.73. The molecule has 2 fully saturated rings. The minimum atomic E-state index is -3.67. The molecule has 1 saturated heterocycles. The molecule has 3 rings (SSSR count). The van der Waals surface area contributed by atoms with Gasteiger partial charge in [0.2, 0.25) is 15.9 Å². The summed E-state index contributed by atoms with van der Waals surface area (Å²) in [6, 6.07) is 7.14. The second kappa shape index (κ2) is 7.75. The highest BCUT2D eigenvalue weighted by atomic mass is 32.2. The Balaban J connectivity index is 1.62. The van der Waals surface area contributed by atoms with Gasteiger partial charge in [0.15, 0.2) is 0 Å². The van der Waals surface area contributed by atoms with Crippen LogP contribution in [0.15, 0.2) is 35.2 Å². The SMILES string of the molecule is O=C(O)C1CC2CCCCC2N1C(=O)CCNS(=O)(=O)c1ccccc1. The fraction of sp³-hybridized carbons (Fsp3) is 0.556. The summed E-state index contributed by atoms with van der Waals surface area (Å²) in [4.78, 5) is 25.9. The fourth-order valence-corrected chi connectivity index (χ4v) is 5.20. The molecule has 0 bridgehead atoms. The summed E-state index contributed by atoms with van der Waals surface area (Å²) < 4.78 is 26.8. The molecular formula is C18H24N2O5S. The number of hydrogen-bond donors (Lipinski definition) is 2. The van der Waals surface area contributed by atoms with Gasteiger partial charge in [0, 0.05) is 19.0 Å². The number of amides is 1. The van der Waals surface area contributed by atoms with Crippen molar-refractivity contribution in [1.29, 1.82) is 0 Å². The topological polar surface area (TPSA) is 104 Å². The van der Waals surface area contributed by atoms with Gasteiger partial charge in [-0.2, -0.15) is 0 Å². The van der Waals surface area contributed by atoms with E-state index in [4.69, 9.17) is 0 Å². The van der Waals surface area contributed by atoms with Crippen molar-refractivity contribution in [2.45, 2.75) is 55.5 Å². The Bertz CT molecular complexity index is 765. The largest absolute Gasteiger partial charge is 0.480 e. The molecule has 1 saturated carbocycles. The summed E-state index contributed by atoms with van der Waals surface area (Å²) >= 11 is 0. The van der Waals surface area contributed by atoms with Crippen molar-refractivity contribution >= 4 is 21.9 Å². The van der Waals surface area contributed by atoms with Crippen molar-refractivity contribution in [1.82, 2.24) is 9.62 Å². The fourth-order valence-electron chi connectivity index (χ4n) is 4.14. The molecule has 0 radical (unpaired) electrons. The van der Waals surface area contributed by atoms with Crippen LogP contribution in [0.4, 0.5) is 0 Å². The van der Waals surface area contributed by atoms with Gasteiger partial charge in [-0.3, -0.25) is 4.79 Å². The Hall–Kier alpha value is -1.93. The average Bonchev–Trinajstić information content (AvgIpc) is 3.02. The van der Waals surface area contributed by atoms with Gasteiger partial charge in [0.05, 0.1) is 4.90 Å². The van der Waals surface area contributed by atoms with E-state index in [0.29, 0.717) is 6.42 Å². The van der Waals surface area contributed by atoms with E-state index in [1.807, 2.05) is 0 Å². The molecule has 1 aliphatic carbocycles. The molecule has 1 heterocycles. The third kappa shape index (κ3) is 3.91. The number of carbonyl (C=O) groups is 2. The Morgan fingerprint density at radius 2 is 1.85 bits per heavy atom. The van der Waals surface area contributed by atoms with Crippen LogP contribution in [-0.4, -0.2) is 48.9 Å². The average molecular weight is 380 g/mol. The van der Waals surface area contributed by atoms with Gasteiger partial charge < -0.3 is 10.0 Å². The van der Waals surface area contributed by atoms with E-state index in [-0.39, 0.29) is 35.7 Å². The van der Waals surface area contributed by atoms with Crippen LogP contribution < -0.4 is 4.72 Å². The summed E-state index contributed by atoms with van der Waals surface area (Å²) in [6.07, 6.45) is 4.32. The minimum absolute atomic E-state index is 0.0249. The Morgan fingerprint density at radius 3 is 2.54 bits per heavy atom. The molecule has 0 aromatic heterocycles. The van der Waals surface area contributed by atoms with Crippen LogP contribution in [-0.2, 0) is 19.6 Å². The van der Waals surface area contributed by atoms with Crippen LogP contribution in [0.25, 0.3) is 0 Å². The molecule has 3 unspecified atom stereocenters. The molecule has 3 atom stereocenters. The van der Waals surface area contributed by atoms with Crippen LogP contribution in [0.3, 0.4) is 0 Å². The highest BCUT2D eigenvalue weighted by molar-refractivity contribution is 7.89.